The van der Waals surface area contributed by atoms with Gasteiger partial charge in [0.1, 0.15) is 5.75 Å². The van der Waals surface area contributed by atoms with Crippen LogP contribution in [0.4, 0.5) is 5.69 Å². The van der Waals surface area contributed by atoms with Gasteiger partial charge in [0.15, 0.2) is 5.17 Å². The fraction of sp³-hybridized carbons (Fsp3) is 0.238. The summed E-state index contributed by atoms with van der Waals surface area (Å²) in [6.07, 6.45) is 2.85. The average molecular weight is 366 g/mol. The van der Waals surface area contributed by atoms with E-state index in [4.69, 9.17) is 4.74 Å². The van der Waals surface area contributed by atoms with Crippen molar-refractivity contribution in [1.29, 1.82) is 0 Å². The molecule has 3 rings (SSSR count). The Morgan fingerprint density at radius 2 is 2.00 bits per heavy atom. The molecular formula is C21H22N2O2S. The van der Waals surface area contributed by atoms with Crippen molar-refractivity contribution in [2.45, 2.75) is 20.3 Å². The third kappa shape index (κ3) is 4.17. The van der Waals surface area contributed by atoms with Crippen LogP contribution in [0.15, 0.2) is 58.4 Å². The number of carbonyl (C=O) groups excluding carboxylic acids is 1. The summed E-state index contributed by atoms with van der Waals surface area (Å²) in [5.74, 6) is 0.779. The Balaban J connectivity index is 1.85. The minimum absolute atomic E-state index is 0.0396. The summed E-state index contributed by atoms with van der Waals surface area (Å²) in [6.45, 7) is 4.77. The number of para-hydroxylation sites is 1. The van der Waals surface area contributed by atoms with Crippen molar-refractivity contribution in [1.82, 2.24) is 4.90 Å². The highest BCUT2D eigenvalue weighted by Crippen LogP contribution is 2.34. The molecule has 4 nitrogen and oxygen atoms in total. The standard InChI is InChI=1S/C21H22N2O2S/c1-4-12-25-17-10-7-9-16(13-17)14-19-20(24)23(3)21(26-19)22-18-11-6-5-8-15(18)2/h5-11,13-14H,4,12H2,1-3H3/b19-14+,22-21?. The average Bonchev–Trinajstić information content (AvgIpc) is 2.90. The van der Waals surface area contributed by atoms with Crippen molar-refractivity contribution in [2.24, 2.45) is 4.99 Å². The van der Waals surface area contributed by atoms with Crippen LogP contribution in [0.1, 0.15) is 24.5 Å². The molecule has 134 valence electrons. The van der Waals surface area contributed by atoms with Crippen LogP contribution in [0.25, 0.3) is 6.08 Å². The first kappa shape index (κ1) is 18.3. The molecule has 0 unspecified atom stereocenters. The highest BCUT2D eigenvalue weighted by atomic mass is 32.2. The highest BCUT2D eigenvalue weighted by molar-refractivity contribution is 8.18. The molecule has 0 N–H and O–H groups in total. The Morgan fingerprint density at radius 1 is 1.19 bits per heavy atom. The van der Waals surface area contributed by atoms with Gasteiger partial charge in [0.25, 0.3) is 5.91 Å². The summed E-state index contributed by atoms with van der Waals surface area (Å²) in [5, 5.41) is 0.689. The number of amidine groups is 1. The van der Waals surface area contributed by atoms with Gasteiger partial charge in [-0.2, -0.15) is 0 Å². The van der Waals surface area contributed by atoms with Crippen molar-refractivity contribution < 1.29 is 9.53 Å². The van der Waals surface area contributed by atoms with Crippen LogP contribution in [-0.4, -0.2) is 29.6 Å². The first-order valence-corrected chi connectivity index (χ1v) is 9.45. The predicted octanol–water partition coefficient (Wildman–Crippen LogP) is 5.02. The van der Waals surface area contributed by atoms with E-state index in [0.29, 0.717) is 16.7 Å². The number of benzene rings is 2. The van der Waals surface area contributed by atoms with E-state index < -0.39 is 0 Å². The van der Waals surface area contributed by atoms with Crippen molar-refractivity contribution in [3.05, 3.63) is 64.6 Å². The van der Waals surface area contributed by atoms with Crippen LogP contribution in [0.2, 0.25) is 0 Å². The molecule has 2 aromatic rings. The Hall–Kier alpha value is -2.53. The predicted molar refractivity (Wildman–Crippen MR) is 109 cm³/mol. The van der Waals surface area contributed by atoms with Crippen molar-refractivity contribution in [3.63, 3.8) is 0 Å². The second kappa shape index (κ2) is 8.23. The molecule has 1 fully saturated rings. The fourth-order valence-electron chi connectivity index (χ4n) is 2.51. The molecule has 0 spiro atoms. The van der Waals surface area contributed by atoms with Gasteiger partial charge in [0.2, 0.25) is 0 Å². The Morgan fingerprint density at radius 3 is 2.77 bits per heavy atom. The van der Waals surface area contributed by atoms with Crippen LogP contribution in [-0.2, 0) is 4.79 Å². The number of carbonyl (C=O) groups is 1. The molecule has 1 amide bonds. The van der Waals surface area contributed by atoms with Gasteiger partial charge in [-0.25, -0.2) is 4.99 Å². The number of likely N-dealkylation sites (N-methyl/N-ethyl adjacent to an activating group) is 1. The molecule has 1 heterocycles. The number of ether oxygens (including phenoxy) is 1. The SMILES string of the molecule is CCCOc1cccc(/C=C2/SC(=Nc3ccccc3C)N(C)C2=O)c1. The molecule has 0 aromatic heterocycles. The lowest BCUT2D eigenvalue weighted by Crippen LogP contribution is -2.23. The first-order chi connectivity index (χ1) is 12.6. The van der Waals surface area contributed by atoms with E-state index in [1.807, 2.05) is 61.5 Å². The Bertz CT molecular complexity index is 874. The molecular weight excluding hydrogens is 344 g/mol. The van der Waals surface area contributed by atoms with Gasteiger partial charge in [0.05, 0.1) is 17.2 Å². The Kier molecular flexibility index (Phi) is 5.78. The van der Waals surface area contributed by atoms with Crippen LogP contribution in [0.3, 0.4) is 0 Å². The monoisotopic (exact) mass is 366 g/mol. The summed E-state index contributed by atoms with van der Waals surface area (Å²) >= 11 is 1.40. The fourth-order valence-corrected chi connectivity index (χ4v) is 3.49. The summed E-state index contributed by atoms with van der Waals surface area (Å²) in [7, 11) is 1.76. The van der Waals surface area contributed by atoms with E-state index in [0.717, 1.165) is 29.0 Å². The van der Waals surface area contributed by atoms with Gasteiger partial charge in [-0.15, -0.1) is 0 Å². The van der Waals surface area contributed by atoms with Crippen LogP contribution < -0.4 is 4.74 Å². The lowest BCUT2D eigenvalue weighted by Gasteiger charge is -2.08. The van der Waals surface area contributed by atoms with E-state index in [9.17, 15) is 4.79 Å². The van der Waals surface area contributed by atoms with E-state index >= 15 is 0 Å². The molecule has 0 radical (unpaired) electrons. The molecule has 0 saturated carbocycles. The van der Waals surface area contributed by atoms with Gasteiger partial charge < -0.3 is 4.74 Å². The van der Waals surface area contributed by atoms with Gasteiger partial charge >= 0.3 is 0 Å². The van der Waals surface area contributed by atoms with Crippen molar-refractivity contribution >= 4 is 34.6 Å². The zero-order valence-corrected chi connectivity index (χ0v) is 16.0. The number of hydrogen-bond donors (Lipinski definition) is 0. The van der Waals surface area contributed by atoms with Crippen LogP contribution >= 0.6 is 11.8 Å². The molecule has 1 aliphatic heterocycles. The van der Waals surface area contributed by atoms with Crippen molar-refractivity contribution in [2.75, 3.05) is 13.7 Å². The van der Waals surface area contributed by atoms with Crippen molar-refractivity contribution in [3.8, 4) is 5.75 Å². The molecule has 0 bridgehead atoms. The van der Waals surface area contributed by atoms with E-state index in [1.165, 1.54) is 11.8 Å². The maximum atomic E-state index is 12.6. The minimum Gasteiger partial charge on any atom is -0.494 e. The van der Waals surface area contributed by atoms with Crippen LogP contribution in [0, 0.1) is 6.92 Å². The third-order valence-electron chi connectivity index (χ3n) is 3.96. The number of rotatable bonds is 5. The number of thioether (sulfide) groups is 1. The quantitative estimate of drug-likeness (QED) is 0.698. The highest BCUT2D eigenvalue weighted by Gasteiger charge is 2.30. The second-order valence-electron chi connectivity index (χ2n) is 6.08. The van der Waals surface area contributed by atoms with E-state index in [-0.39, 0.29) is 5.91 Å². The zero-order valence-electron chi connectivity index (χ0n) is 15.2. The van der Waals surface area contributed by atoms with Crippen LogP contribution in [0.5, 0.6) is 5.75 Å². The maximum absolute atomic E-state index is 12.6. The first-order valence-electron chi connectivity index (χ1n) is 8.63. The normalized spacial score (nSPS) is 17.3. The number of hydrogen-bond acceptors (Lipinski definition) is 4. The van der Waals surface area contributed by atoms with Gasteiger partial charge in [-0.05, 0) is 60.5 Å². The molecule has 0 aliphatic carbocycles. The smallest absolute Gasteiger partial charge is 0.266 e. The summed E-state index contributed by atoms with van der Waals surface area (Å²) in [5.41, 5.74) is 2.91. The third-order valence-corrected chi connectivity index (χ3v) is 5.02. The molecule has 1 saturated heterocycles. The number of amides is 1. The Labute approximate surface area is 158 Å². The number of aryl methyl sites for hydroxylation is 1. The lowest BCUT2D eigenvalue weighted by atomic mass is 10.2. The zero-order chi connectivity index (χ0) is 18.5. The molecule has 26 heavy (non-hydrogen) atoms. The summed E-state index contributed by atoms with van der Waals surface area (Å²) in [4.78, 5) is 19.5. The lowest BCUT2D eigenvalue weighted by molar-refractivity contribution is -0.121. The van der Waals surface area contributed by atoms with E-state index in [2.05, 4.69) is 11.9 Å². The van der Waals surface area contributed by atoms with Gasteiger partial charge in [-0.1, -0.05) is 37.3 Å². The number of aliphatic imine (C=N–C) groups is 1. The minimum atomic E-state index is -0.0396. The second-order valence-corrected chi connectivity index (χ2v) is 7.09. The maximum Gasteiger partial charge on any atom is 0.266 e. The molecule has 2 aromatic carbocycles. The molecule has 1 aliphatic rings. The summed E-state index contributed by atoms with van der Waals surface area (Å²) in [6, 6.07) is 15.7. The topological polar surface area (TPSA) is 41.9 Å². The van der Waals surface area contributed by atoms with Gasteiger partial charge in [0, 0.05) is 7.05 Å². The van der Waals surface area contributed by atoms with E-state index in [1.54, 1.807) is 11.9 Å². The molecule has 5 heteroatoms. The summed E-state index contributed by atoms with van der Waals surface area (Å²) < 4.78 is 5.67. The largest absolute Gasteiger partial charge is 0.494 e. The van der Waals surface area contributed by atoms with Gasteiger partial charge in [-0.3, -0.25) is 9.69 Å². The number of nitrogens with zero attached hydrogens (tertiary/aromatic N) is 2. The molecule has 0 atom stereocenters.